The molecule has 1 aromatic carbocycles. The molecule has 2 aromatic rings. The summed E-state index contributed by atoms with van der Waals surface area (Å²) in [6.45, 7) is 1.82. The van der Waals surface area contributed by atoms with Gasteiger partial charge in [0.05, 0.1) is 12.1 Å². The standard InChI is InChI=1S/C12H11BrFNO2/c1-2-17-12(16)11(14)15-6-5-8-3-4-9(13)7-10(8)15/h3-7,11H,2H2,1H3. The molecule has 1 heterocycles. The van der Waals surface area contributed by atoms with Crippen molar-refractivity contribution in [1.82, 2.24) is 4.57 Å². The highest BCUT2D eigenvalue weighted by molar-refractivity contribution is 9.10. The van der Waals surface area contributed by atoms with E-state index in [2.05, 4.69) is 20.7 Å². The molecule has 0 aliphatic rings. The minimum absolute atomic E-state index is 0.169. The lowest BCUT2D eigenvalue weighted by Crippen LogP contribution is -2.17. The van der Waals surface area contributed by atoms with E-state index in [0.29, 0.717) is 5.52 Å². The second-order valence-electron chi connectivity index (χ2n) is 3.51. The second-order valence-corrected chi connectivity index (χ2v) is 4.43. The van der Waals surface area contributed by atoms with Gasteiger partial charge in [-0.15, -0.1) is 0 Å². The highest BCUT2D eigenvalue weighted by Gasteiger charge is 2.21. The van der Waals surface area contributed by atoms with Crippen molar-refractivity contribution in [3.8, 4) is 0 Å². The van der Waals surface area contributed by atoms with Gasteiger partial charge >= 0.3 is 5.97 Å². The number of halogens is 2. The largest absolute Gasteiger partial charge is 0.462 e. The first-order valence-electron chi connectivity index (χ1n) is 5.20. The van der Waals surface area contributed by atoms with Crippen molar-refractivity contribution in [3.05, 3.63) is 34.9 Å². The smallest absolute Gasteiger partial charge is 0.362 e. The Bertz CT molecular complexity index is 552. The zero-order valence-corrected chi connectivity index (χ0v) is 10.8. The number of nitrogens with zero attached hydrogens (tertiary/aromatic N) is 1. The Morgan fingerprint density at radius 1 is 1.53 bits per heavy atom. The molecule has 0 bridgehead atoms. The van der Waals surface area contributed by atoms with Crippen molar-refractivity contribution in [2.45, 2.75) is 13.2 Å². The van der Waals surface area contributed by atoms with Crippen molar-refractivity contribution in [1.29, 1.82) is 0 Å². The van der Waals surface area contributed by atoms with E-state index in [1.54, 1.807) is 25.3 Å². The number of hydrogen-bond donors (Lipinski definition) is 0. The summed E-state index contributed by atoms with van der Waals surface area (Å²) in [7, 11) is 0. The Labute approximate surface area is 106 Å². The molecule has 17 heavy (non-hydrogen) atoms. The van der Waals surface area contributed by atoms with Crippen LogP contribution in [0.25, 0.3) is 10.9 Å². The van der Waals surface area contributed by atoms with Crippen molar-refractivity contribution in [3.63, 3.8) is 0 Å². The minimum Gasteiger partial charge on any atom is -0.462 e. The number of fused-ring (bicyclic) bond motifs is 1. The van der Waals surface area contributed by atoms with Crippen molar-refractivity contribution < 1.29 is 13.9 Å². The fourth-order valence-corrected chi connectivity index (χ4v) is 1.99. The number of esters is 1. The summed E-state index contributed by atoms with van der Waals surface area (Å²) in [5.41, 5.74) is 0.653. The van der Waals surface area contributed by atoms with E-state index in [0.717, 1.165) is 9.86 Å². The summed E-state index contributed by atoms with van der Waals surface area (Å²) in [5, 5.41) is 0.875. The van der Waals surface area contributed by atoms with Gasteiger partial charge < -0.3 is 9.30 Å². The molecule has 0 fully saturated rings. The zero-order chi connectivity index (χ0) is 12.4. The van der Waals surface area contributed by atoms with E-state index in [9.17, 15) is 9.18 Å². The second kappa shape index (κ2) is 4.87. The first kappa shape index (κ1) is 12.1. The molecule has 1 atom stereocenters. The van der Waals surface area contributed by atoms with Crippen molar-refractivity contribution in [2.24, 2.45) is 0 Å². The topological polar surface area (TPSA) is 31.2 Å². The van der Waals surface area contributed by atoms with Gasteiger partial charge in [0.2, 0.25) is 0 Å². The van der Waals surface area contributed by atoms with Gasteiger partial charge in [0.15, 0.2) is 0 Å². The quantitative estimate of drug-likeness (QED) is 0.813. The Balaban J connectivity index is 2.41. The lowest BCUT2D eigenvalue weighted by atomic mass is 10.2. The molecular formula is C12H11BrFNO2. The van der Waals surface area contributed by atoms with E-state index in [-0.39, 0.29) is 6.61 Å². The summed E-state index contributed by atoms with van der Waals surface area (Å²) in [4.78, 5) is 11.3. The lowest BCUT2D eigenvalue weighted by molar-refractivity contribution is -0.152. The molecular weight excluding hydrogens is 289 g/mol. The van der Waals surface area contributed by atoms with Crippen molar-refractivity contribution in [2.75, 3.05) is 6.61 Å². The molecule has 90 valence electrons. The maximum atomic E-state index is 13.9. The van der Waals surface area contributed by atoms with Gasteiger partial charge in [-0.25, -0.2) is 9.18 Å². The fraction of sp³-hybridized carbons (Fsp3) is 0.250. The molecule has 0 aliphatic heterocycles. The number of aromatic nitrogens is 1. The predicted molar refractivity (Wildman–Crippen MR) is 66.4 cm³/mol. The highest BCUT2D eigenvalue weighted by atomic mass is 79.9. The van der Waals surface area contributed by atoms with Gasteiger partial charge in [0.25, 0.3) is 6.30 Å². The van der Waals surface area contributed by atoms with Crippen LogP contribution in [0.1, 0.15) is 13.2 Å². The number of hydrogen-bond acceptors (Lipinski definition) is 2. The molecule has 5 heteroatoms. The number of ether oxygens (including phenoxy) is 1. The third-order valence-corrected chi connectivity index (χ3v) is 2.90. The van der Waals surface area contributed by atoms with Crippen LogP contribution < -0.4 is 0 Å². The first-order valence-corrected chi connectivity index (χ1v) is 5.99. The van der Waals surface area contributed by atoms with Crippen LogP contribution in [-0.4, -0.2) is 17.1 Å². The van der Waals surface area contributed by atoms with E-state index in [1.165, 1.54) is 4.57 Å². The van der Waals surface area contributed by atoms with E-state index in [1.807, 2.05) is 12.1 Å². The highest BCUT2D eigenvalue weighted by Crippen LogP contribution is 2.25. The van der Waals surface area contributed by atoms with Gasteiger partial charge in [-0.2, -0.15) is 0 Å². The van der Waals surface area contributed by atoms with Gasteiger partial charge in [-0.05, 0) is 30.5 Å². The number of carbonyl (C=O) groups excluding carboxylic acids is 1. The van der Waals surface area contributed by atoms with Crippen LogP contribution in [0.2, 0.25) is 0 Å². The summed E-state index contributed by atoms with van der Waals surface area (Å²) < 4.78 is 20.6. The molecule has 3 nitrogen and oxygen atoms in total. The Morgan fingerprint density at radius 2 is 2.29 bits per heavy atom. The monoisotopic (exact) mass is 299 g/mol. The maximum Gasteiger partial charge on any atom is 0.362 e. The molecule has 0 spiro atoms. The Hall–Kier alpha value is -1.36. The molecule has 0 amide bonds. The minimum atomic E-state index is -1.80. The van der Waals surface area contributed by atoms with Gasteiger partial charge in [-0.3, -0.25) is 0 Å². The van der Waals surface area contributed by atoms with Gasteiger partial charge in [0.1, 0.15) is 0 Å². The summed E-state index contributed by atoms with van der Waals surface area (Å²) in [6, 6.07) is 7.24. The van der Waals surface area contributed by atoms with Crippen LogP contribution in [0, 0.1) is 0 Å². The molecule has 1 unspecified atom stereocenters. The lowest BCUT2D eigenvalue weighted by Gasteiger charge is -2.10. The SMILES string of the molecule is CCOC(=O)C(F)n1ccc2ccc(Br)cc21. The van der Waals surface area contributed by atoms with Crippen LogP contribution in [0.4, 0.5) is 4.39 Å². The molecule has 0 N–H and O–H groups in total. The van der Waals surface area contributed by atoms with E-state index < -0.39 is 12.3 Å². The van der Waals surface area contributed by atoms with Gasteiger partial charge in [-0.1, -0.05) is 22.0 Å². The Morgan fingerprint density at radius 3 is 3.00 bits per heavy atom. The number of alkyl halides is 1. The van der Waals surface area contributed by atoms with Crippen molar-refractivity contribution >= 4 is 32.8 Å². The van der Waals surface area contributed by atoms with E-state index in [4.69, 9.17) is 0 Å². The van der Waals surface area contributed by atoms with Gasteiger partial charge in [0, 0.05) is 10.7 Å². The van der Waals surface area contributed by atoms with Crippen LogP contribution in [0.15, 0.2) is 34.9 Å². The average molecular weight is 300 g/mol. The maximum absolute atomic E-state index is 13.9. The molecule has 0 aliphatic carbocycles. The normalized spacial score (nSPS) is 12.6. The van der Waals surface area contributed by atoms with Crippen LogP contribution in [-0.2, 0) is 9.53 Å². The third kappa shape index (κ3) is 2.34. The summed E-state index contributed by atoms with van der Waals surface area (Å²) in [5.74, 6) is -0.870. The first-order chi connectivity index (χ1) is 8.13. The van der Waals surface area contributed by atoms with Crippen LogP contribution in [0.3, 0.4) is 0 Å². The summed E-state index contributed by atoms with van der Waals surface area (Å²) in [6.07, 6.45) is -0.264. The Kier molecular flexibility index (Phi) is 3.47. The number of carbonyl (C=O) groups is 1. The third-order valence-electron chi connectivity index (χ3n) is 2.41. The fourth-order valence-electron chi connectivity index (χ4n) is 1.64. The molecule has 1 aromatic heterocycles. The molecule has 2 rings (SSSR count). The number of benzene rings is 1. The predicted octanol–water partition coefficient (Wildman–Crippen LogP) is 3.44. The van der Waals surface area contributed by atoms with E-state index >= 15 is 0 Å². The average Bonchev–Trinajstić information content (AvgIpc) is 2.71. The molecule has 0 saturated carbocycles. The van der Waals surface area contributed by atoms with Crippen LogP contribution >= 0.6 is 15.9 Å². The molecule has 0 saturated heterocycles. The zero-order valence-electron chi connectivity index (χ0n) is 9.19. The number of rotatable bonds is 3. The summed E-state index contributed by atoms with van der Waals surface area (Å²) >= 11 is 3.32. The molecule has 0 radical (unpaired) electrons. The van der Waals surface area contributed by atoms with Crippen LogP contribution in [0.5, 0.6) is 0 Å².